The van der Waals surface area contributed by atoms with Gasteiger partial charge in [-0.25, -0.2) is 0 Å². The van der Waals surface area contributed by atoms with Gasteiger partial charge in [0.2, 0.25) is 5.91 Å². The Hall–Kier alpha value is -2.46. The summed E-state index contributed by atoms with van der Waals surface area (Å²) in [4.78, 5) is 12.1. The smallest absolute Gasteiger partial charge is 0.244 e. The number of hydrogen-bond donors (Lipinski definition) is 1. The fraction of sp³-hybridized carbons (Fsp3) is 0.250. The number of halogens is 1. The number of amides is 1. The molecule has 0 radical (unpaired) electrons. The Morgan fingerprint density at radius 2 is 2.00 bits per heavy atom. The largest absolute Gasteiger partial charge is 0.491 e. The van der Waals surface area contributed by atoms with Crippen molar-refractivity contribution in [1.29, 1.82) is 0 Å². The van der Waals surface area contributed by atoms with E-state index in [9.17, 15) is 4.79 Å². The first-order chi connectivity index (χ1) is 12.0. The maximum atomic E-state index is 12.1. The standard InChI is InChI=1S/C20H22ClNO3/c1-4-25-18-13-15(12-17(21)20(18)24-3)10-11-19(23)22-14(2)16-8-6-5-7-9-16/h5-14H,4H2,1-3H3,(H,22,23)/b11-10+/t14-/m0/s1. The van der Waals surface area contributed by atoms with Crippen LogP contribution in [0.3, 0.4) is 0 Å². The lowest BCUT2D eigenvalue weighted by Gasteiger charge is -2.13. The van der Waals surface area contributed by atoms with Crippen molar-refractivity contribution in [3.8, 4) is 11.5 Å². The molecule has 1 N–H and O–H groups in total. The predicted octanol–water partition coefficient (Wildman–Crippen LogP) is 4.64. The molecule has 1 atom stereocenters. The molecule has 2 aromatic carbocycles. The number of carbonyl (C=O) groups excluding carboxylic acids is 1. The molecule has 0 saturated carbocycles. The fourth-order valence-electron chi connectivity index (χ4n) is 2.40. The van der Waals surface area contributed by atoms with Gasteiger partial charge >= 0.3 is 0 Å². The third-order valence-corrected chi connectivity index (χ3v) is 3.90. The zero-order valence-corrected chi connectivity index (χ0v) is 15.3. The molecule has 0 aliphatic carbocycles. The van der Waals surface area contributed by atoms with Crippen LogP contribution in [0.2, 0.25) is 5.02 Å². The van der Waals surface area contributed by atoms with Crippen LogP contribution in [0.5, 0.6) is 11.5 Å². The van der Waals surface area contributed by atoms with E-state index in [1.54, 1.807) is 18.2 Å². The number of rotatable bonds is 7. The molecule has 0 bridgehead atoms. The molecule has 0 aromatic heterocycles. The fourth-order valence-corrected chi connectivity index (χ4v) is 2.70. The van der Waals surface area contributed by atoms with E-state index >= 15 is 0 Å². The molecule has 0 aliphatic heterocycles. The first-order valence-electron chi connectivity index (χ1n) is 8.09. The summed E-state index contributed by atoms with van der Waals surface area (Å²) in [5.41, 5.74) is 1.81. The molecule has 0 fully saturated rings. The van der Waals surface area contributed by atoms with Crippen molar-refractivity contribution < 1.29 is 14.3 Å². The maximum absolute atomic E-state index is 12.1. The van der Waals surface area contributed by atoms with Crippen LogP contribution in [-0.4, -0.2) is 19.6 Å². The van der Waals surface area contributed by atoms with Crippen molar-refractivity contribution in [1.82, 2.24) is 5.32 Å². The van der Waals surface area contributed by atoms with Gasteiger partial charge in [0.15, 0.2) is 11.5 Å². The van der Waals surface area contributed by atoms with Crippen molar-refractivity contribution in [3.63, 3.8) is 0 Å². The molecular weight excluding hydrogens is 338 g/mol. The van der Waals surface area contributed by atoms with Gasteiger partial charge in [-0.3, -0.25) is 4.79 Å². The summed E-state index contributed by atoms with van der Waals surface area (Å²) in [6.07, 6.45) is 3.17. The van der Waals surface area contributed by atoms with E-state index in [1.165, 1.54) is 13.2 Å². The number of ether oxygens (including phenoxy) is 2. The lowest BCUT2D eigenvalue weighted by molar-refractivity contribution is -0.117. The lowest BCUT2D eigenvalue weighted by Crippen LogP contribution is -2.24. The van der Waals surface area contributed by atoms with Crippen molar-refractivity contribution in [2.45, 2.75) is 19.9 Å². The van der Waals surface area contributed by atoms with Gasteiger partial charge in [0, 0.05) is 6.08 Å². The second-order valence-electron chi connectivity index (χ2n) is 5.44. The van der Waals surface area contributed by atoms with E-state index in [1.807, 2.05) is 44.2 Å². The van der Waals surface area contributed by atoms with E-state index in [0.717, 1.165) is 11.1 Å². The Balaban J connectivity index is 2.09. The van der Waals surface area contributed by atoms with Crippen LogP contribution in [0.4, 0.5) is 0 Å². The number of nitrogens with one attached hydrogen (secondary N) is 1. The highest BCUT2D eigenvalue weighted by Crippen LogP contribution is 2.36. The number of carbonyl (C=O) groups is 1. The minimum atomic E-state index is -0.179. The highest BCUT2D eigenvalue weighted by Gasteiger charge is 2.11. The summed E-state index contributed by atoms with van der Waals surface area (Å²) >= 11 is 6.21. The molecular formula is C20H22ClNO3. The van der Waals surface area contributed by atoms with Crippen LogP contribution in [0, 0.1) is 0 Å². The molecule has 4 nitrogen and oxygen atoms in total. The van der Waals surface area contributed by atoms with Gasteiger partial charge in [-0.2, -0.15) is 0 Å². The monoisotopic (exact) mass is 359 g/mol. The Bertz CT molecular complexity index is 744. The minimum Gasteiger partial charge on any atom is -0.491 e. The first-order valence-corrected chi connectivity index (χ1v) is 8.46. The average Bonchev–Trinajstić information content (AvgIpc) is 2.61. The number of methoxy groups -OCH3 is 1. The number of hydrogen-bond acceptors (Lipinski definition) is 3. The zero-order chi connectivity index (χ0) is 18.2. The van der Waals surface area contributed by atoms with E-state index in [0.29, 0.717) is 23.1 Å². The van der Waals surface area contributed by atoms with E-state index in [-0.39, 0.29) is 11.9 Å². The molecule has 2 aromatic rings. The molecule has 25 heavy (non-hydrogen) atoms. The molecule has 132 valence electrons. The molecule has 0 saturated heterocycles. The van der Waals surface area contributed by atoms with E-state index in [4.69, 9.17) is 21.1 Å². The third kappa shape index (κ3) is 5.26. The van der Waals surface area contributed by atoms with Crippen molar-refractivity contribution >= 4 is 23.6 Å². The lowest BCUT2D eigenvalue weighted by atomic mass is 10.1. The molecule has 1 amide bonds. The molecule has 0 heterocycles. The van der Waals surface area contributed by atoms with Crippen molar-refractivity contribution in [2.75, 3.05) is 13.7 Å². The van der Waals surface area contributed by atoms with Crippen LogP contribution in [0.25, 0.3) is 6.08 Å². The second kappa shape index (κ2) is 9.14. The van der Waals surface area contributed by atoms with Gasteiger partial charge in [-0.05, 0) is 43.2 Å². The summed E-state index contributed by atoms with van der Waals surface area (Å²) in [5.74, 6) is 0.860. The first kappa shape index (κ1) is 18.9. The van der Waals surface area contributed by atoms with E-state index in [2.05, 4.69) is 5.32 Å². The van der Waals surface area contributed by atoms with Crippen LogP contribution >= 0.6 is 11.6 Å². The van der Waals surface area contributed by atoms with E-state index < -0.39 is 0 Å². The Morgan fingerprint density at radius 3 is 2.64 bits per heavy atom. The van der Waals surface area contributed by atoms with Crippen molar-refractivity contribution in [2.24, 2.45) is 0 Å². The molecule has 0 aliphatic rings. The summed E-state index contributed by atoms with van der Waals surface area (Å²) < 4.78 is 10.8. The summed E-state index contributed by atoms with van der Waals surface area (Å²) in [6.45, 7) is 4.32. The highest BCUT2D eigenvalue weighted by atomic mass is 35.5. The van der Waals surface area contributed by atoms with Crippen molar-refractivity contribution in [3.05, 3.63) is 64.7 Å². The van der Waals surface area contributed by atoms with Crippen LogP contribution in [-0.2, 0) is 4.79 Å². The van der Waals surface area contributed by atoms with Gasteiger partial charge in [0.05, 0.1) is 24.8 Å². The second-order valence-corrected chi connectivity index (χ2v) is 5.85. The molecule has 5 heteroatoms. The average molecular weight is 360 g/mol. The Morgan fingerprint density at radius 1 is 1.28 bits per heavy atom. The topological polar surface area (TPSA) is 47.6 Å². The third-order valence-electron chi connectivity index (χ3n) is 3.62. The van der Waals surface area contributed by atoms with Gasteiger partial charge in [-0.1, -0.05) is 41.9 Å². The molecule has 2 rings (SSSR count). The Labute approximate surface area is 153 Å². The van der Waals surface area contributed by atoms with Gasteiger partial charge < -0.3 is 14.8 Å². The van der Waals surface area contributed by atoms with Crippen LogP contribution in [0.1, 0.15) is 31.0 Å². The van der Waals surface area contributed by atoms with Gasteiger partial charge in [0.25, 0.3) is 0 Å². The van der Waals surface area contributed by atoms with Crippen LogP contribution in [0.15, 0.2) is 48.5 Å². The number of benzene rings is 2. The molecule has 0 unspecified atom stereocenters. The SMILES string of the molecule is CCOc1cc(/C=C/C(=O)N[C@@H](C)c2ccccc2)cc(Cl)c1OC. The van der Waals surface area contributed by atoms with Crippen LogP contribution < -0.4 is 14.8 Å². The van der Waals surface area contributed by atoms with Gasteiger partial charge in [0.1, 0.15) is 0 Å². The highest BCUT2D eigenvalue weighted by molar-refractivity contribution is 6.32. The summed E-state index contributed by atoms with van der Waals surface area (Å²) in [5, 5.41) is 3.36. The van der Waals surface area contributed by atoms with Gasteiger partial charge in [-0.15, -0.1) is 0 Å². The maximum Gasteiger partial charge on any atom is 0.244 e. The quantitative estimate of drug-likeness (QED) is 0.733. The Kier molecular flexibility index (Phi) is 6.90. The normalized spacial score (nSPS) is 12.0. The summed E-state index contributed by atoms with van der Waals surface area (Å²) in [6, 6.07) is 13.2. The predicted molar refractivity (Wildman–Crippen MR) is 101 cm³/mol. The molecule has 0 spiro atoms. The minimum absolute atomic E-state index is 0.0724. The summed E-state index contributed by atoms with van der Waals surface area (Å²) in [7, 11) is 1.54. The zero-order valence-electron chi connectivity index (χ0n) is 14.6.